The number of sulfonamides is 1. The molecule has 1 unspecified atom stereocenters. The van der Waals surface area contributed by atoms with E-state index >= 15 is 0 Å². The SMILES string of the molecule is CCNC(=NCc1cccc(S(=O)(=O)NC)c1)NCC(c1ccco1)N1CCCC1.I. The highest BCUT2D eigenvalue weighted by molar-refractivity contribution is 14.0. The summed E-state index contributed by atoms with van der Waals surface area (Å²) in [7, 11) is -2.07. The van der Waals surface area contributed by atoms with Gasteiger partial charge in [-0.15, -0.1) is 24.0 Å². The van der Waals surface area contributed by atoms with Crippen molar-refractivity contribution in [3.63, 3.8) is 0 Å². The molecule has 10 heteroatoms. The number of nitrogens with zero attached hydrogens (tertiary/aromatic N) is 2. The molecular formula is C21H32IN5O3S. The fraction of sp³-hybridized carbons (Fsp3) is 0.476. The Bertz CT molecular complexity index is 928. The Morgan fingerprint density at radius 3 is 2.61 bits per heavy atom. The summed E-state index contributed by atoms with van der Waals surface area (Å²) < 4.78 is 32.1. The topological polar surface area (TPSA) is 99.0 Å². The zero-order chi connectivity index (χ0) is 21.4. The summed E-state index contributed by atoms with van der Waals surface area (Å²) in [4.78, 5) is 7.31. The number of hydrogen-bond donors (Lipinski definition) is 3. The molecule has 1 aliphatic rings. The lowest BCUT2D eigenvalue weighted by molar-refractivity contribution is 0.215. The zero-order valence-corrected chi connectivity index (χ0v) is 21.2. The maximum Gasteiger partial charge on any atom is 0.240 e. The van der Waals surface area contributed by atoms with E-state index in [2.05, 4.69) is 25.2 Å². The maximum atomic E-state index is 12.0. The third-order valence-corrected chi connectivity index (χ3v) is 6.57. The first-order valence-electron chi connectivity index (χ1n) is 10.4. The molecule has 0 radical (unpaired) electrons. The fourth-order valence-electron chi connectivity index (χ4n) is 3.58. The molecule has 1 atom stereocenters. The van der Waals surface area contributed by atoms with E-state index in [0.29, 0.717) is 19.0 Å². The van der Waals surface area contributed by atoms with Gasteiger partial charge in [-0.3, -0.25) is 4.90 Å². The quantitative estimate of drug-likeness (QED) is 0.248. The van der Waals surface area contributed by atoms with Crippen LogP contribution in [0, 0.1) is 0 Å². The van der Waals surface area contributed by atoms with Gasteiger partial charge in [0.2, 0.25) is 10.0 Å². The van der Waals surface area contributed by atoms with Crippen LogP contribution in [0.4, 0.5) is 0 Å². The smallest absolute Gasteiger partial charge is 0.240 e. The number of likely N-dealkylation sites (tertiary alicyclic amines) is 1. The molecule has 31 heavy (non-hydrogen) atoms. The van der Waals surface area contributed by atoms with Gasteiger partial charge >= 0.3 is 0 Å². The van der Waals surface area contributed by atoms with Gasteiger partial charge in [0.1, 0.15) is 5.76 Å². The molecule has 0 saturated carbocycles. The summed E-state index contributed by atoms with van der Waals surface area (Å²) >= 11 is 0. The molecule has 3 N–H and O–H groups in total. The number of hydrogen-bond acceptors (Lipinski definition) is 5. The second-order valence-electron chi connectivity index (χ2n) is 7.21. The van der Waals surface area contributed by atoms with Crippen LogP contribution in [0.25, 0.3) is 0 Å². The van der Waals surface area contributed by atoms with Crippen LogP contribution in [-0.2, 0) is 16.6 Å². The van der Waals surface area contributed by atoms with Crippen molar-refractivity contribution in [3.8, 4) is 0 Å². The average molecular weight is 561 g/mol. The normalized spacial score (nSPS) is 16.0. The number of aliphatic imine (C=N–C) groups is 1. The molecule has 172 valence electrons. The van der Waals surface area contributed by atoms with Crippen LogP contribution in [-0.4, -0.2) is 52.5 Å². The van der Waals surface area contributed by atoms with Crippen molar-refractivity contribution in [2.45, 2.75) is 37.2 Å². The molecule has 0 spiro atoms. The first kappa shape index (κ1) is 25.6. The summed E-state index contributed by atoms with van der Waals surface area (Å²) in [5.41, 5.74) is 0.825. The number of guanidine groups is 1. The highest BCUT2D eigenvalue weighted by atomic mass is 127. The molecule has 1 aromatic carbocycles. The van der Waals surface area contributed by atoms with E-state index in [1.807, 2.05) is 25.1 Å². The van der Waals surface area contributed by atoms with E-state index in [9.17, 15) is 8.42 Å². The van der Waals surface area contributed by atoms with Crippen LogP contribution in [0.5, 0.6) is 0 Å². The van der Waals surface area contributed by atoms with Gasteiger partial charge in [-0.25, -0.2) is 18.1 Å². The Kier molecular flexibility index (Phi) is 10.3. The molecule has 2 heterocycles. The molecule has 1 aliphatic heterocycles. The van der Waals surface area contributed by atoms with Gasteiger partial charge in [-0.1, -0.05) is 12.1 Å². The molecule has 0 bridgehead atoms. The van der Waals surface area contributed by atoms with Gasteiger partial charge in [0.15, 0.2) is 5.96 Å². The van der Waals surface area contributed by atoms with Gasteiger partial charge in [-0.2, -0.15) is 0 Å². The van der Waals surface area contributed by atoms with Crippen molar-refractivity contribution < 1.29 is 12.8 Å². The number of halogens is 1. The van der Waals surface area contributed by atoms with E-state index in [1.54, 1.807) is 24.5 Å². The lowest BCUT2D eigenvalue weighted by atomic mass is 10.2. The van der Waals surface area contributed by atoms with Crippen LogP contribution < -0.4 is 15.4 Å². The Morgan fingerprint density at radius 2 is 1.97 bits per heavy atom. The molecule has 0 aliphatic carbocycles. The number of furan rings is 1. The van der Waals surface area contributed by atoms with E-state index in [1.165, 1.54) is 19.9 Å². The molecule has 0 amide bonds. The molecular weight excluding hydrogens is 529 g/mol. The van der Waals surface area contributed by atoms with Crippen LogP contribution >= 0.6 is 24.0 Å². The van der Waals surface area contributed by atoms with Crippen LogP contribution in [0.1, 0.15) is 37.1 Å². The number of rotatable bonds is 9. The summed E-state index contributed by atoms with van der Waals surface area (Å²) in [5.74, 6) is 1.64. The number of benzene rings is 1. The number of nitrogens with one attached hydrogen (secondary N) is 3. The van der Waals surface area contributed by atoms with E-state index in [0.717, 1.165) is 31.0 Å². The second-order valence-corrected chi connectivity index (χ2v) is 9.09. The Labute approximate surface area is 202 Å². The summed E-state index contributed by atoms with van der Waals surface area (Å²) in [6.45, 7) is 5.92. The maximum absolute atomic E-state index is 12.0. The first-order valence-corrected chi connectivity index (χ1v) is 11.8. The standard InChI is InChI=1S/C21H31N5O3S.HI/c1-3-23-21(24-15-17-8-6-9-18(14-17)30(27,28)22-2)25-16-19(20-10-7-13-29-20)26-11-4-5-12-26;/h6-10,13-14,19,22H,3-5,11-12,15-16H2,1-2H3,(H2,23,24,25);1H. The Hall–Kier alpha value is -1.63. The molecule has 2 aromatic rings. The van der Waals surface area contributed by atoms with Gasteiger partial charge in [0.05, 0.1) is 23.7 Å². The van der Waals surface area contributed by atoms with Gasteiger partial charge < -0.3 is 15.1 Å². The molecule has 1 saturated heterocycles. The van der Waals surface area contributed by atoms with Gasteiger partial charge in [0, 0.05) is 13.1 Å². The molecule has 1 fully saturated rings. The lowest BCUT2D eigenvalue weighted by Crippen LogP contribution is -2.42. The third kappa shape index (κ3) is 7.19. The predicted octanol–water partition coefficient (Wildman–Crippen LogP) is 2.70. The van der Waals surface area contributed by atoms with Crippen molar-refractivity contribution in [2.24, 2.45) is 4.99 Å². The zero-order valence-electron chi connectivity index (χ0n) is 18.0. The third-order valence-electron chi connectivity index (χ3n) is 5.16. The molecule has 8 nitrogen and oxygen atoms in total. The van der Waals surface area contributed by atoms with Crippen molar-refractivity contribution in [3.05, 3.63) is 54.0 Å². The lowest BCUT2D eigenvalue weighted by Gasteiger charge is -2.26. The second kappa shape index (κ2) is 12.4. The van der Waals surface area contributed by atoms with Crippen molar-refractivity contribution in [2.75, 3.05) is 33.2 Å². The summed E-state index contributed by atoms with van der Waals surface area (Å²) in [6, 6.07) is 10.9. The fourth-order valence-corrected chi connectivity index (χ4v) is 4.38. The van der Waals surface area contributed by atoms with Crippen LogP contribution in [0.15, 0.2) is 57.0 Å². The van der Waals surface area contributed by atoms with Crippen LogP contribution in [0.3, 0.4) is 0 Å². The van der Waals surface area contributed by atoms with Gasteiger partial charge in [0.25, 0.3) is 0 Å². The Balaban J connectivity index is 0.00000341. The minimum absolute atomic E-state index is 0. The van der Waals surface area contributed by atoms with E-state index in [4.69, 9.17) is 4.42 Å². The summed E-state index contributed by atoms with van der Waals surface area (Å²) in [6.07, 6.45) is 4.12. The monoisotopic (exact) mass is 561 g/mol. The van der Waals surface area contributed by atoms with E-state index < -0.39 is 10.0 Å². The van der Waals surface area contributed by atoms with Gasteiger partial charge in [-0.05, 0) is 69.7 Å². The molecule has 1 aromatic heterocycles. The summed E-state index contributed by atoms with van der Waals surface area (Å²) in [5, 5.41) is 6.68. The Morgan fingerprint density at radius 1 is 1.19 bits per heavy atom. The van der Waals surface area contributed by atoms with E-state index in [-0.39, 0.29) is 34.9 Å². The van der Waals surface area contributed by atoms with Crippen molar-refractivity contribution >= 4 is 40.0 Å². The largest absolute Gasteiger partial charge is 0.468 e. The van der Waals surface area contributed by atoms with Crippen LogP contribution in [0.2, 0.25) is 0 Å². The minimum Gasteiger partial charge on any atom is -0.468 e. The first-order chi connectivity index (χ1) is 14.5. The highest BCUT2D eigenvalue weighted by Gasteiger charge is 2.25. The molecule has 3 rings (SSSR count). The predicted molar refractivity (Wildman–Crippen MR) is 133 cm³/mol. The van der Waals surface area contributed by atoms with Crippen molar-refractivity contribution in [1.82, 2.24) is 20.3 Å². The minimum atomic E-state index is -3.47. The highest BCUT2D eigenvalue weighted by Crippen LogP contribution is 2.24. The average Bonchev–Trinajstić information content (AvgIpc) is 3.47. The van der Waals surface area contributed by atoms with Crippen molar-refractivity contribution in [1.29, 1.82) is 0 Å².